The molecule has 0 saturated carbocycles. The van der Waals surface area contributed by atoms with E-state index in [9.17, 15) is 13.6 Å². The van der Waals surface area contributed by atoms with Crippen LogP contribution in [0, 0.1) is 0 Å². The van der Waals surface area contributed by atoms with E-state index in [1.54, 1.807) is 6.07 Å². The highest BCUT2D eigenvalue weighted by Gasteiger charge is 2.44. The van der Waals surface area contributed by atoms with E-state index in [1.807, 2.05) is 0 Å². The van der Waals surface area contributed by atoms with E-state index in [2.05, 4.69) is 15.9 Å². The third-order valence-electron chi connectivity index (χ3n) is 2.57. The molecule has 0 radical (unpaired) electrons. The molecule has 3 nitrogen and oxygen atoms in total. The second-order valence-electron chi connectivity index (χ2n) is 4.16. The third kappa shape index (κ3) is 2.74. The summed E-state index contributed by atoms with van der Waals surface area (Å²) in [5, 5.41) is 9.15. The van der Waals surface area contributed by atoms with Crippen LogP contribution < -0.4 is 4.74 Å². The van der Waals surface area contributed by atoms with Gasteiger partial charge in [0.25, 0.3) is 5.92 Å². The number of benzene rings is 1. The second-order valence-corrected chi connectivity index (χ2v) is 5.49. The number of halogens is 4. The molecule has 0 bridgehead atoms. The van der Waals surface area contributed by atoms with Crippen LogP contribution in [0.25, 0.3) is 6.08 Å². The summed E-state index contributed by atoms with van der Waals surface area (Å²) in [5.41, 5.74) is -0.161. The molecule has 1 N–H and O–H groups in total. The maximum atomic E-state index is 13.4. The minimum absolute atomic E-state index is 0.0568. The smallest absolute Gasteiger partial charge is 0.335 e. The zero-order valence-corrected chi connectivity index (χ0v) is 11.9. The number of carbonyl (C=O) groups is 1. The lowest BCUT2D eigenvalue weighted by atomic mass is 9.98. The van der Waals surface area contributed by atoms with E-state index >= 15 is 0 Å². The monoisotopic (exact) mass is 352 g/mol. The van der Waals surface area contributed by atoms with Crippen molar-refractivity contribution in [3.05, 3.63) is 32.8 Å². The molecular weight excluding hydrogens is 345 g/mol. The fourth-order valence-corrected chi connectivity index (χ4v) is 2.67. The van der Waals surface area contributed by atoms with Gasteiger partial charge >= 0.3 is 5.97 Å². The SMILES string of the molecule is CC(F)(F)C1Oc2c(Cl)cc(Br)cc2C=C1C(=O)O. The van der Waals surface area contributed by atoms with Gasteiger partial charge in [-0.15, -0.1) is 0 Å². The molecule has 1 aliphatic heterocycles. The molecule has 1 aliphatic rings. The van der Waals surface area contributed by atoms with Crippen LogP contribution in [0.1, 0.15) is 12.5 Å². The number of fused-ring (bicyclic) bond motifs is 1. The first-order valence-corrected chi connectivity index (χ1v) is 6.35. The molecular formula is C12H8BrClF2O3. The Balaban J connectivity index is 2.61. The van der Waals surface area contributed by atoms with Crippen LogP contribution in [0.5, 0.6) is 5.75 Å². The Morgan fingerprint density at radius 2 is 2.16 bits per heavy atom. The van der Waals surface area contributed by atoms with E-state index in [1.165, 1.54) is 6.07 Å². The Morgan fingerprint density at radius 1 is 1.53 bits per heavy atom. The fraction of sp³-hybridized carbons (Fsp3) is 0.250. The van der Waals surface area contributed by atoms with Gasteiger partial charge in [-0.1, -0.05) is 27.5 Å². The number of carboxylic acids is 1. The van der Waals surface area contributed by atoms with Crippen molar-refractivity contribution in [1.82, 2.24) is 0 Å². The molecule has 1 aromatic rings. The molecule has 7 heteroatoms. The fourth-order valence-electron chi connectivity index (χ4n) is 1.79. The minimum Gasteiger partial charge on any atom is -0.478 e. The Hall–Kier alpha value is -1.14. The van der Waals surface area contributed by atoms with Gasteiger partial charge in [0, 0.05) is 17.0 Å². The second kappa shape index (κ2) is 4.76. The summed E-state index contributed by atoms with van der Waals surface area (Å²) in [6.45, 7) is 0.603. The number of alkyl halides is 2. The van der Waals surface area contributed by atoms with Crippen LogP contribution in [0.2, 0.25) is 5.02 Å². The maximum absolute atomic E-state index is 13.4. The highest BCUT2D eigenvalue weighted by atomic mass is 79.9. The molecule has 1 heterocycles. The maximum Gasteiger partial charge on any atom is 0.335 e. The molecule has 0 spiro atoms. The highest BCUT2D eigenvalue weighted by molar-refractivity contribution is 9.10. The standard InChI is InChI=1S/C12H8BrClF2O3/c1-12(15,16)10-7(11(17)18)3-5-2-6(13)4-8(14)9(5)19-10/h2-4,10H,1H3,(H,17,18). The van der Waals surface area contributed by atoms with Gasteiger partial charge < -0.3 is 9.84 Å². The zero-order chi connectivity index (χ0) is 14.4. The van der Waals surface area contributed by atoms with E-state index in [0.717, 1.165) is 6.08 Å². The predicted octanol–water partition coefficient (Wildman–Crippen LogP) is 3.99. The van der Waals surface area contributed by atoms with Crippen LogP contribution in [0.15, 0.2) is 22.2 Å². The van der Waals surface area contributed by atoms with E-state index in [0.29, 0.717) is 17.0 Å². The summed E-state index contributed by atoms with van der Waals surface area (Å²) in [6.07, 6.45) is -0.712. The van der Waals surface area contributed by atoms with Gasteiger partial charge in [0.2, 0.25) is 0 Å². The Morgan fingerprint density at radius 3 is 2.68 bits per heavy atom. The van der Waals surface area contributed by atoms with Crippen molar-refractivity contribution < 1.29 is 23.4 Å². The predicted molar refractivity (Wildman–Crippen MR) is 69.8 cm³/mol. The summed E-state index contributed by atoms with van der Waals surface area (Å²) >= 11 is 9.10. The molecule has 0 aliphatic carbocycles. The zero-order valence-electron chi connectivity index (χ0n) is 9.58. The summed E-state index contributed by atoms with van der Waals surface area (Å²) in [7, 11) is 0. The number of aliphatic carboxylic acids is 1. The Kier molecular flexibility index (Phi) is 3.57. The van der Waals surface area contributed by atoms with Crippen molar-refractivity contribution in [3.63, 3.8) is 0 Å². The van der Waals surface area contributed by atoms with Gasteiger partial charge in [0.1, 0.15) is 5.75 Å². The van der Waals surface area contributed by atoms with Crippen molar-refractivity contribution >= 4 is 39.6 Å². The molecule has 1 atom stereocenters. The third-order valence-corrected chi connectivity index (χ3v) is 3.31. The van der Waals surface area contributed by atoms with Crippen molar-refractivity contribution in [2.75, 3.05) is 0 Å². The first-order chi connectivity index (χ1) is 8.70. The molecule has 1 aromatic carbocycles. The lowest BCUT2D eigenvalue weighted by Crippen LogP contribution is -2.41. The van der Waals surface area contributed by atoms with Gasteiger partial charge in [0.05, 0.1) is 10.6 Å². The molecule has 0 amide bonds. The van der Waals surface area contributed by atoms with Gasteiger partial charge in [-0.05, 0) is 18.2 Å². The molecule has 102 valence electrons. The lowest BCUT2D eigenvalue weighted by molar-refractivity contribution is -0.137. The minimum atomic E-state index is -3.34. The number of rotatable bonds is 2. The number of ether oxygens (including phenoxy) is 1. The van der Waals surface area contributed by atoms with Crippen molar-refractivity contribution in [2.45, 2.75) is 19.0 Å². The van der Waals surface area contributed by atoms with Crippen LogP contribution in [-0.4, -0.2) is 23.1 Å². The average molecular weight is 354 g/mol. The first-order valence-electron chi connectivity index (χ1n) is 5.18. The van der Waals surface area contributed by atoms with E-state index in [-0.39, 0.29) is 10.8 Å². The van der Waals surface area contributed by atoms with E-state index in [4.69, 9.17) is 21.4 Å². The molecule has 2 rings (SSSR count). The lowest BCUT2D eigenvalue weighted by Gasteiger charge is -2.29. The largest absolute Gasteiger partial charge is 0.478 e. The first kappa shape index (κ1) is 14.3. The van der Waals surface area contributed by atoms with Crippen LogP contribution in [0.3, 0.4) is 0 Å². The van der Waals surface area contributed by atoms with Crippen molar-refractivity contribution in [2.24, 2.45) is 0 Å². The van der Waals surface area contributed by atoms with Gasteiger partial charge in [-0.3, -0.25) is 0 Å². The van der Waals surface area contributed by atoms with Crippen LogP contribution >= 0.6 is 27.5 Å². The summed E-state index contributed by atoms with van der Waals surface area (Å²) in [5.74, 6) is -4.73. The molecule has 0 aromatic heterocycles. The van der Waals surface area contributed by atoms with E-state index < -0.39 is 23.6 Å². The Labute approximate surface area is 120 Å². The Bertz CT molecular complexity index is 581. The molecule has 19 heavy (non-hydrogen) atoms. The molecule has 1 unspecified atom stereocenters. The normalized spacial score (nSPS) is 18.4. The topological polar surface area (TPSA) is 46.5 Å². The molecule has 0 fully saturated rings. The van der Waals surface area contributed by atoms with Crippen molar-refractivity contribution in [3.8, 4) is 5.75 Å². The number of hydrogen-bond acceptors (Lipinski definition) is 2. The highest BCUT2D eigenvalue weighted by Crippen LogP contribution is 2.41. The van der Waals surface area contributed by atoms with Crippen LogP contribution in [0.4, 0.5) is 8.78 Å². The van der Waals surface area contributed by atoms with Gasteiger partial charge in [-0.2, -0.15) is 0 Å². The van der Waals surface area contributed by atoms with Crippen molar-refractivity contribution in [1.29, 1.82) is 0 Å². The van der Waals surface area contributed by atoms with Gasteiger partial charge in [0.15, 0.2) is 6.10 Å². The average Bonchev–Trinajstić information content (AvgIpc) is 2.25. The number of carboxylic acid groups (broad SMARTS) is 1. The summed E-state index contributed by atoms with van der Waals surface area (Å²) in [6, 6.07) is 3.04. The summed E-state index contributed by atoms with van der Waals surface area (Å²) in [4.78, 5) is 11.1. The number of hydrogen-bond donors (Lipinski definition) is 1. The molecule has 0 saturated heterocycles. The van der Waals surface area contributed by atoms with Gasteiger partial charge in [-0.25, -0.2) is 13.6 Å². The van der Waals surface area contributed by atoms with Crippen LogP contribution in [-0.2, 0) is 4.79 Å². The summed E-state index contributed by atoms with van der Waals surface area (Å²) < 4.78 is 32.6. The quantitative estimate of drug-likeness (QED) is 0.874.